The lowest BCUT2D eigenvalue weighted by atomic mass is 10.00. The van der Waals surface area contributed by atoms with E-state index in [1.807, 2.05) is 6.92 Å². The number of thioether (sulfide) groups is 1. The summed E-state index contributed by atoms with van der Waals surface area (Å²) in [7, 11) is -3.58. The normalized spacial score (nSPS) is 19.1. The number of benzene rings is 3. The van der Waals surface area contributed by atoms with Crippen LogP contribution in [0.2, 0.25) is 0 Å². The van der Waals surface area contributed by atoms with Gasteiger partial charge in [0, 0.05) is 12.3 Å². The third-order valence-corrected chi connectivity index (χ3v) is 9.02. The van der Waals surface area contributed by atoms with Gasteiger partial charge in [-0.1, -0.05) is 30.3 Å². The van der Waals surface area contributed by atoms with Crippen LogP contribution in [-0.4, -0.2) is 31.6 Å². The number of hydrogen-bond acceptors (Lipinski definition) is 4. The largest absolute Gasteiger partial charge is 0.494 e. The van der Waals surface area contributed by atoms with Crippen LogP contribution in [0.5, 0.6) is 5.75 Å². The standard InChI is InChI=1S/C23H23NO3S2/c1-2-27-18-9-11-19(12-10-18)29(25,26)24-14-15-28-23(24)21-13-8-17-7-6-16-4-3-5-20(21)22(16)17/h3-5,8-13,23H,2,6-7,14-15H2,1H3/t23-/m0/s1. The molecular weight excluding hydrogens is 402 g/mol. The molecule has 29 heavy (non-hydrogen) atoms. The van der Waals surface area contributed by atoms with Crippen LogP contribution >= 0.6 is 11.8 Å². The summed E-state index contributed by atoms with van der Waals surface area (Å²) in [6.07, 6.45) is 2.14. The van der Waals surface area contributed by atoms with E-state index in [1.165, 1.54) is 21.9 Å². The zero-order valence-electron chi connectivity index (χ0n) is 16.3. The molecule has 1 fully saturated rings. The van der Waals surface area contributed by atoms with E-state index in [4.69, 9.17) is 4.74 Å². The van der Waals surface area contributed by atoms with Gasteiger partial charge in [-0.05, 0) is 71.5 Å². The highest BCUT2D eigenvalue weighted by molar-refractivity contribution is 8.01. The SMILES string of the molecule is CCOc1ccc(S(=O)(=O)N2CCS[C@H]2c2ccc3c4c(cccc24)CC3)cc1. The van der Waals surface area contributed by atoms with Crippen LogP contribution in [0.15, 0.2) is 59.5 Å². The Kier molecular flexibility index (Phi) is 4.81. The molecule has 1 aliphatic carbocycles. The van der Waals surface area contributed by atoms with Gasteiger partial charge < -0.3 is 4.74 Å². The molecule has 0 N–H and O–H groups in total. The molecule has 5 rings (SSSR count). The molecule has 1 atom stereocenters. The van der Waals surface area contributed by atoms with Crippen LogP contribution in [0.25, 0.3) is 10.8 Å². The Morgan fingerprint density at radius 3 is 2.55 bits per heavy atom. The van der Waals surface area contributed by atoms with Crippen molar-refractivity contribution < 1.29 is 13.2 Å². The van der Waals surface area contributed by atoms with Crippen molar-refractivity contribution in [2.45, 2.75) is 30.0 Å². The van der Waals surface area contributed by atoms with E-state index in [-0.39, 0.29) is 5.37 Å². The predicted octanol–water partition coefficient (Wildman–Crippen LogP) is 4.77. The molecule has 0 amide bonds. The Morgan fingerprint density at radius 1 is 1.03 bits per heavy atom. The first-order valence-electron chi connectivity index (χ1n) is 9.99. The minimum absolute atomic E-state index is 0.198. The smallest absolute Gasteiger partial charge is 0.244 e. The maximum absolute atomic E-state index is 13.4. The van der Waals surface area contributed by atoms with Crippen molar-refractivity contribution in [3.63, 3.8) is 0 Å². The zero-order valence-corrected chi connectivity index (χ0v) is 17.9. The number of ether oxygens (including phenoxy) is 1. The molecule has 0 radical (unpaired) electrons. The molecule has 3 aromatic rings. The van der Waals surface area contributed by atoms with Gasteiger partial charge in [-0.25, -0.2) is 8.42 Å². The summed E-state index contributed by atoms with van der Waals surface area (Å²) in [6, 6.07) is 17.5. The number of hydrogen-bond donors (Lipinski definition) is 0. The third kappa shape index (κ3) is 3.14. The fourth-order valence-corrected chi connectivity index (χ4v) is 7.71. The predicted molar refractivity (Wildman–Crippen MR) is 118 cm³/mol. The van der Waals surface area contributed by atoms with Crippen LogP contribution in [0, 0.1) is 0 Å². The van der Waals surface area contributed by atoms with E-state index in [1.54, 1.807) is 40.3 Å². The lowest BCUT2D eigenvalue weighted by Gasteiger charge is -2.25. The van der Waals surface area contributed by atoms with Gasteiger partial charge in [0.1, 0.15) is 5.75 Å². The molecule has 1 aliphatic heterocycles. The maximum atomic E-state index is 13.4. The van der Waals surface area contributed by atoms with Crippen molar-refractivity contribution in [1.82, 2.24) is 4.31 Å². The number of rotatable bonds is 5. The summed E-state index contributed by atoms with van der Waals surface area (Å²) in [5.74, 6) is 1.48. The minimum atomic E-state index is -3.58. The van der Waals surface area contributed by atoms with Crippen molar-refractivity contribution in [3.8, 4) is 5.75 Å². The summed E-state index contributed by atoms with van der Waals surface area (Å²) < 4.78 is 34.0. The molecular formula is C23H23NO3S2. The van der Waals surface area contributed by atoms with Gasteiger partial charge in [0.2, 0.25) is 10.0 Å². The summed E-state index contributed by atoms with van der Waals surface area (Å²) in [5, 5.41) is 2.33. The maximum Gasteiger partial charge on any atom is 0.244 e. The topological polar surface area (TPSA) is 46.6 Å². The average molecular weight is 426 g/mol. The second kappa shape index (κ2) is 7.35. The van der Waals surface area contributed by atoms with Crippen molar-refractivity contribution in [2.75, 3.05) is 18.9 Å². The zero-order chi connectivity index (χ0) is 20.0. The van der Waals surface area contributed by atoms with Gasteiger partial charge in [0.25, 0.3) is 0 Å². The van der Waals surface area contributed by atoms with Crippen LogP contribution in [0.4, 0.5) is 0 Å². The Labute approximate surface area is 175 Å². The Balaban J connectivity index is 1.55. The van der Waals surface area contributed by atoms with E-state index in [2.05, 4.69) is 30.3 Å². The highest BCUT2D eigenvalue weighted by atomic mass is 32.2. The molecule has 150 valence electrons. The lowest BCUT2D eigenvalue weighted by molar-refractivity contribution is 0.340. The molecule has 0 unspecified atom stereocenters. The summed E-state index contributed by atoms with van der Waals surface area (Å²) in [5.41, 5.74) is 3.86. The van der Waals surface area contributed by atoms with Crippen LogP contribution < -0.4 is 4.74 Å². The molecule has 3 aromatic carbocycles. The molecule has 4 nitrogen and oxygen atoms in total. The van der Waals surface area contributed by atoms with Crippen LogP contribution in [0.3, 0.4) is 0 Å². The third-order valence-electron chi connectivity index (χ3n) is 5.77. The summed E-state index contributed by atoms with van der Waals surface area (Å²) in [6.45, 7) is 2.99. The Morgan fingerprint density at radius 2 is 1.79 bits per heavy atom. The first kappa shape index (κ1) is 19.0. The molecule has 0 spiro atoms. The second-order valence-corrected chi connectivity index (χ2v) is 10.5. The van der Waals surface area contributed by atoms with Gasteiger partial charge in [-0.2, -0.15) is 4.31 Å². The Bertz CT molecular complexity index is 1160. The molecule has 6 heteroatoms. The van der Waals surface area contributed by atoms with Crippen molar-refractivity contribution in [1.29, 1.82) is 0 Å². The van der Waals surface area contributed by atoms with E-state index >= 15 is 0 Å². The second-order valence-electron chi connectivity index (χ2n) is 7.40. The molecule has 0 saturated carbocycles. The van der Waals surface area contributed by atoms with E-state index in [0.717, 1.165) is 24.2 Å². The van der Waals surface area contributed by atoms with Crippen LogP contribution in [-0.2, 0) is 22.9 Å². The van der Waals surface area contributed by atoms with E-state index in [9.17, 15) is 8.42 Å². The van der Waals surface area contributed by atoms with Gasteiger partial charge in [0.05, 0.1) is 16.9 Å². The Hall–Kier alpha value is -2.02. The molecule has 1 heterocycles. The van der Waals surface area contributed by atoms with Gasteiger partial charge in [-0.3, -0.25) is 0 Å². The van der Waals surface area contributed by atoms with Gasteiger partial charge in [0.15, 0.2) is 0 Å². The van der Waals surface area contributed by atoms with Crippen LogP contribution in [0.1, 0.15) is 29.0 Å². The molecule has 0 aromatic heterocycles. The minimum Gasteiger partial charge on any atom is -0.494 e. The number of nitrogens with zero attached hydrogens (tertiary/aromatic N) is 1. The fourth-order valence-electron chi connectivity index (χ4n) is 4.44. The first-order chi connectivity index (χ1) is 14.1. The average Bonchev–Trinajstić information content (AvgIpc) is 3.38. The van der Waals surface area contributed by atoms with Gasteiger partial charge in [-0.15, -0.1) is 11.8 Å². The van der Waals surface area contributed by atoms with Gasteiger partial charge >= 0.3 is 0 Å². The number of aryl methyl sites for hydroxylation is 2. The highest BCUT2D eigenvalue weighted by Gasteiger charge is 2.38. The quantitative estimate of drug-likeness (QED) is 0.591. The molecule has 0 bridgehead atoms. The lowest BCUT2D eigenvalue weighted by Crippen LogP contribution is -2.30. The van der Waals surface area contributed by atoms with E-state index in [0.29, 0.717) is 23.8 Å². The highest BCUT2D eigenvalue weighted by Crippen LogP contribution is 2.45. The summed E-state index contributed by atoms with van der Waals surface area (Å²) in [4.78, 5) is 0.319. The number of sulfonamides is 1. The van der Waals surface area contributed by atoms with Crippen molar-refractivity contribution in [3.05, 3.63) is 71.3 Å². The van der Waals surface area contributed by atoms with Crippen molar-refractivity contribution >= 4 is 32.6 Å². The molecule has 1 saturated heterocycles. The van der Waals surface area contributed by atoms with Crippen molar-refractivity contribution in [2.24, 2.45) is 0 Å². The van der Waals surface area contributed by atoms with E-state index < -0.39 is 10.0 Å². The fraction of sp³-hybridized carbons (Fsp3) is 0.304. The molecule has 2 aliphatic rings. The monoisotopic (exact) mass is 425 g/mol. The summed E-state index contributed by atoms with van der Waals surface area (Å²) >= 11 is 1.71. The first-order valence-corrected chi connectivity index (χ1v) is 12.5.